The quantitative estimate of drug-likeness (QED) is 0.257. The first kappa shape index (κ1) is 22.6. The van der Waals surface area contributed by atoms with Crippen LogP contribution in [-0.2, 0) is 16.8 Å². The minimum Gasteiger partial charge on any atom is -0.870 e. The zero-order valence-corrected chi connectivity index (χ0v) is 13.3. The number of hydrogen-bond donors (Lipinski definition) is 4. The Hall–Kier alpha value is 0.446. The number of para-hydroxylation sites is 1. The zero-order chi connectivity index (χ0) is 11.9. The third kappa shape index (κ3) is 16.4. The molecule has 1 aromatic carbocycles. The number of benzene rings is 1. The SMILES string of the molecule is Nc1ccccc1CCO.O=S(=O)(O)O.[K+].[OH-]. The molecule has 0 fully saturated rings. The molecule has 1 rings (SSSR count). The van der Waals surface area contributed by atoms with Crippen LogP contribution < -0.4 is 57.1 Å². The average molecular weight is 291 g/mol. The van der Waals surface area contributed by atoms with Gasteiger partial charge in [0.05, 0.1) is 0 Å². The predicted octanol–water partition coefficient (Wildman–Crippen LogP) is -3.02. The number of rotatable bonds is 2. The third-order valence-electron chi connectivity index (χ3n) is 1.44. The van der Waals surface area contributed by atoms with Crippen LogP contribution in [0.2, 0.25) is 0 Å². The fraction of sp³-hybridized carbons (Fsp3) is 0.250. The van der Waals surface area contributed by atoms with Gasteiger partial charge in [0.25, 0.3) is 0 Å². The zero-order valence-electron chi connectivity index (χ0n) is 9.31. The summed E-state index contributed by atoms with van der Waals surface area (Å²) < 4.78 is 31.6. The number of hydrogen-bond acceptors (Lipinski definition) is 5. The van der Waals surface area contributed by atoms with Crippen LogP contribution in [0.3, 0.4) is 0 Å². The number of aliphatic hydroxyl groups is 1. The molecule has 0 radical (unpaired) electrons. The molecular weight excluding hydrogens is 277 g/mol. The van der Waals surface area contributed by atoms with Crippen molar-refractivity contribution in [3.63, 3.8) is 0 Å². The van der Waals surface area contributed by atoms with Crippen molar-refractivity contribution in [2.45, 2.75) is 6.42 Å². The molecule has 0 saturated heterocycles. The van der Waals surface area contributed by atoms with Gasteiger partial charge in [0.2, 0.25) is 0 Å². The third-order valence-corrected chi connectivity index (χ3v) is 1.44. The van der Waals surface area contributed by atoms with Crippen LogP contribution >= 0.6 is 0 Å². The second-order valence-electron chi connectivity index (χ2n) is 2.62. The van der Waals surface area contributed by atoms with Crippen LogP contribution in [0.1, 0.15) is 5.56 Å². The van der Waals surface area contributed by atoms with E-state index in [2.05, 4.69) is 0 Å². The molecule has 0 bridgehead atoms. The second kappa shape index (κ2) is 11.5. The van der Waals surface area contributed by atoms with Crippen LogP contribution in [0.5, 0.6) is 0 Å². The van der Waals surface area contributed by atoms with E-state index in [4.69, 9.17) is 28.4 Å². The van der Waals surface area contributed by atoms with E-state index < -0.39 is 10.4 Å². The molecule has 0 aliphatic carbocycles. The summed E-state index contributed by atoms with van der Waals surface area (Å²) in [6.45, 7) is 0.161. The maximum atomic E-state index is 8.74. The van der Waals surface area contributed by atoms with Crippen molar-refractivity contribution >= 4 is 16.1 Å². The Labute approximate surface area is 142 Å². The number of nitrogens with two attached hydrogens (primary N) is 1. The van der Waals surface area contributed by atoms with Gasteiger partial charge in [-0.3, -0.25) is 9.11 Å². The molecule has 0 aliphatic heterocycles. The van der Waals surface area contributed by atoms with Crippen molar-refractivity contribution in [3.8, 4) is 0 Å². The van der Waals surface area contributed by atoms with Gasteiger partial charge in [-0.1, -0.05) is 18.2 Å². The molecule has 0 aromatic heterocycles. The van der Waals surface area contributed by atoms with Gasteiger partial charge in [0.15, 0.2) is 0 Å². The summed E-state index contributed by atoms with van der Waals surface area (Å²) in [6.07, 6.45) is 0.646. The van der Waals surface area contributed by atoms with Gasteiger partial charge in [-0.2, -0.15) is 8.42 Å². The summed E-state index contributed by atoms with van der Waals surface area (Å²) in [7, 11) is -4.67. The standard InChI is InChI=1S/C8H11NO.K.H2O4S.H2O/c9-8-4-2-1-3-7(8)5-6-10;;1-5(2,3)4;/h1-4,10H,5-6,9H2;;(H2,1,2,3,4);1H2/q;+1;;/p-1. The molecule has 0 atom stereocenters. The molecule has 0 heterocycles. The molecule has 6 N–H and O–H groups in total. The molecule has 0 amide bonds. The van der Waals surface area contributed by atoms with Crippen LogP contribution in [-0.4, -0.2) is 34.7 Å². The number of anilines is 1. The summed E-state index contributed by atoms with van der Waals surface area (Å²) in [4.78, 5) is 0. The van der Waals surface area contributed by atoms with Crippen LogP contribution in [0, 0.1) is 0 Å². The smallest absolute Gasteiger partial charge is 0.870 e. The monoisotopic (exact) mass is 291 g/mol. The summed E-state index contributed by atoms with van der Waals surface area (Å²) in [5.41, 5.74) is 7.37. The molecule has 0 aliphatic rings. The van der Waals surface area contributed by atoms with Gasteiger partial charge in [0.1, 0.15) is 0 Å². The molecular formula is C8H14KNO6S. The molecule has 0 spiro atoms. The van der Waals surface area contributed by atoms with Gasteiger partial charge in [-0.05, 0) is 18.1 Å². The van der Waals surface area contributed by atoms with Crippen molar-refractivity contribution in [3.05, 3.63) is 29.8 Å². The van der Waals surface area contributed by atoms with Crippen molar-refractivity contribution in [1.82, 2.24) is 0 Å². The van der Waals surface area contributed by atoms with Gasteiger partial charge in [0, 0.05) is 12.3 Å². The van der Waals surface area contributed by atoms with Crippen molar-refractivity contribution in [2.24, 2.45) is 0 Å². The second-order valence-corrected chi connectivity index (χ2v) is 3.52. The summed E-state index contributed by atoms with van der Waals surface area (Å²) >= 11 is 0. The van der Waals surface area contributed by atoms with Gasteiger partial charge in [-0.15, -0.1) is 0 Å². The first-order valence-corrected chi connectivity index (χ1v) is 5.38. The molecule has 1 aromatic rings. The van der Waals surface area contributed by atoms with Crippen molar-refractivity contribution in [2.75, 3.05) is 12.3 Å². The van der Waals surface area contributed by atoms with E-state index in [0.29, 0.717) is 6.42 Å². The van der Waals surface area contributed by atoms with E-state index in [1.54, 1.807) is 0 Å². The van der Waals surface area contributed by atoms with Crippen LogP contribution in [0.25, 0.3) is 0 Å². The summed E-state index contributed by atoms with van der Waals surface area (Å²) in [5.74, 6) is 0. The Bertz CT molecular complexity index is 389. The van der Waals surface area contributed by atoms with E-state index in [0.717, 1.165) is 11.3 Å². The number of aliphatic hydroxyl groups excluding tert-OH is 1. The molecule has 94 valence electrons. The maximum absolute atomic E-state index is 8.74. The van der Waals surface area contributed by atoms with E-state index in [1.807, 2.05) is 24.3 Å². The minimum absolute atomic E-state index is 0. The summed E-state index contributed by atoms with van der Waals surface area (Å²) in [6, 6.07) is 7.56. The Morgan fingerprint density at radius 3 is 1.94 bits per heavy atom. The Kier molecular flexibility index (Phi) is 15.3. The van der Waals surface area contributed by atoms with Crippen molar-refractivity contribution < 1.29 is 79.5 Å². The topological polar surface area (TPSA) is 151 Å². The molecule has 0 unspecified atom stereocenters. The van der Waals surface area contributed by atoms with Gasteiger partial charge >= 0.3 is 61.8 Å². The fourth-order valence-corrected chi connectivity index (χ4v) is 0.882. The molecule has 17 heavy (non-hydrogen) atoms. The molecule has 9 heteroatoms. The Balaban J connectivity index is -0.000000247. The maximum Gasteiger partial charge on any atom is 1.00 e. The summed E-state index contributed by atoms with van der Waals surface area (Å²) in [5, 5.41) is 8.59. The largest absolute Gasteiger partial charge is 1.00 e. The Morgan fingerprint density at radius 1 is 1.18 bits per heavy atom. The van der Waals surface area contributed by atoms with E-state index >= 15 is 0 Å². The van der Waals surface area contributed by atoms with E-state index in [1.165, 1.54) is 0 Å². The van der Waals surface area contributed by atoms with E-state index in [9.17, 15) is 0 Å². The first-order chi connectivity index (χ1) is 6.84. The first-order valence-electron chi connectivity index (χ1n) is 3.98. The van der Waals surface area contributed by atoms with Crippen LogP contribution in [0.15, 0.2) is 24.3 Å². The van der Waals surface area contributed by atoms with Gasteiger partial charge < -0.3 is 16.3 Å². The minimum atomic E-state index is -4.67. The van der Waals surface area contributed by atoms with E-state index in [-0.39, 0.29) is 63.5 Å². The molecule has 0 saturated carbocycles. The number of nitrogen functional groups attached to an aromatic ring is 1. The predicted molar refractivity (Wildman–Crippen MR) is 57.8 cm³/mol. The molecule has 7 nitrogen and oxygen atoms in total. The van der Waals surface area contributed by atoms with Crippen molar-refractivity contribution in [1.29, 1.82) is 0 Å². The normalized spacial score (nSPS) is 9.12. The van der Waals surface area contributed by atoms with Gasteiger partial charge in [-0.25, -0.2) is 0 Å². The average Bonchev–Trinajstić information content (AvgIpc) is 2.06. The fourth-order valence-electron chi connectivity index (χ4n) is 0.882. The van der Waals surface area contributed by atoms with Crippen LogP contribution in [0.4, 0.5) is 5.69 Å². The Morgan fingerprint density at radius 2 is 1.59 bits per heavy atom.